The van der Waals surface area contributed by atoms with Gasteiger partial charge in [-0.2, -0.15) is 0 Å². The van der Waals surface area contributed by atoms with Crippen LogP contribution >= 0.6 is 0 Å². The smallest absolute Gasteiger partial charge is 0.220 e. The van der Waals surface area contributed by atoms with Crippen LogP contribution in [0.5, 0.6) is 0 Å². The van der Waals surface area contributed by atoms with Gasteiger partial charge in [0.1, 0.15) is 0 Å². The Hall–Kier alpha value is -0.336. The van der Waals surface area contributed by atoms with Crippen molar-refractivity contribution in [2.75, 3.05) is 6.54 Å². The highest BCUT2D eigenvalue weighted by atomic mass is 28.3. The minimum atomic E-state index is -1.03. The monoisotopic (exact) mass is 267 g/mol. The van der Waals surface area contributed by atoms with Crippen LogP contribution in [0.15, 0.2) is 11.6 Å². The summed E-state index contributed by atoms with van der Waals surface area (Å²) >= 11 is 0. The van der Waals surface area contributed by atoms with Gasteiger partial charge in [-0.1, -0.05) is 57.9 Å². The summed E-state index contributed by atoms with van der Waals surface area (Å²) < 4.78 is 0. The van der Waals surface area contributed by atoms with E-state index in [1.807, 2.05) is 0 Å². The molecule has 0 fully saturated rings. The molecule has 0 saturated carbocycles. The summed E-state index contributed by atoms with van der Waals surface area (Å²) in [5.74, 6) is 0.426. The minimum Gasteiger partial charge on any atom is -0.316 e. The molecule has 0 aliphatic heterocycles. The van der Waals surface area contributed by atoms with Gasteiger partial charge < -0.3 is 4.85 Å². The van der Waals surface area contributed by atoms with E-state index in [1.165, 1.54) is 12.1 Å². The van der Waals surface area contributed by atoms with Crippen molar-refractivity contribution in [3.8, 4) is 0 Å². The highest BCUT2D eigenvalue weighted by molar-refractivity contribution is 6.78. The molecule has 0 radical (unpaired) electrons. The normalized spacial score (nSPS) is 14.0. The second-order valence-electron chi connectivity index (χ2n) is 7.62. The molecule has 3 heteroatoms. The fourth-order valence-electron chi connectivity index (χ4n) is 2.14. The molecule has 0 rings (SSSR count). The van der Waals surface area contributed by atoms with Gasteiger partial charge in [0.2, 0.25) is 6.54 Å². The van der Waals surface area contributed by atoms with E-state index in [9.17, 15) is 0 Å². The van der Waals surface area contributed by atoms with Gasteiger partial charge in [-0.3, -0.25) is 0 Å². The molecule has 0 aliphatic carbocycles. The van der Waals surface area contributed by atoms with Crippen molar-refractivity contribution in [2.24, 2.45) is 5.92 Å². The van der Waals surface area contributed by atoms with E-state index in [1.54, 1.807) is 5.57 Å². The zero-order valence-corrected chi connectivity index (χ0v) is 14.7. The lowest BCUT2D eigenvalue weighted by Gasteiger charge is -2.24. The van der Waals surface area contributed by atoms with E-state index in [4.69, 9.17) is 6.57 Å². The van der Waals surface area contributed by atoms with Crippen LogP contribution in [0.25, 0.3) is 4.85 Å². The fourth-order valence-corrected chi connectivity index (χ4v) is 5.60. The Balaban J connectivity index is 4.80. The van der Waals surface area contributed by atoms with Crippen LogP contribution in [-0.2, 0) is 0 Å². The molecule has 98 valence electrons. The van der Waals surface area contributed by atoms with Crippen molar-refractivity contribution >= 4 is 16.1 Å². The number of nitrogens with zero attached hydrogens (tertiary/aromatic N) is 1. The number of hydrogen-bond donors (Lipinski definition) is 0. The summed E-state index contributed by atoms with van der Waals surface area (Å²) in [5, 5.41) is 0. The highest BCUT2D eigenvalue weighted by Crippen LogP contribution is 2.26. The summed E-state index contributed by atoms with van der Waals surface area (Å²) in [4.78, 5) is 3.51. The van der Waals surface area contributed by atoms with Crippen LogP contribution in [-0.4, -0.2) is 22.7 Å². The Morgan fingerprint density at radius 1 is 1.06 bits per heavy atom. The molecule has 0 spiro atoms. The quantitative estimate of drug-likeness (QED) is 0.356. The van der Waals surface area contributed by atoms with E-state index >= 15 is 0 Å². The molecular formula is C14H29NSi2. The van der Waals surface area contributed by atoms with Gasteiger partial charge in [0, 0.05) is 22.1 Å². The largest absolute Gasteiger partial charge is 0.316 e. The molecule has 0 N–H and O–H groups in total. The van der Waals surface area contributed by atoms with Crippen molar-refractivity contribution in [1.82, 2.24) is 0 Å². The summed E-state index contributed by atoms with van der Waals surface area (Å²) in [6, 6.07) is 2.61. The van der Waals surface area contributed by atoms with Crippen LogP contribution in [0.1, 0.15) is 6.92 Å². The number of allylic oxidation sites excluding steroid dienone is 1. The first-order valence-corrected chi connectivity index (χ1v) is 14.0. The lowest BCUT2D eigenvalue weighted by atomic mass is 10.1. The summed E-state index contributed by atoms with van der Waals surface area (Å²) in [5.41, 5.74) is 1.64. The van der Waals surface area contributed by atoms with E-state index < -0.39 is 16.1 Å². The van der Waals surface area contributed by atoms with Gasteiger partial charge in [-0.15, -0.1) is 0 Å². The molecule has 1 nitrogen and oxygen atoms in total. The van der Waals surface area contributed by atoms with Crippen molar-refractivity contribution in [3.05, 3.63) is 23.1 Å². The van der Waals surface area contributed by atoms with Crippen LogP contribution in [0.3, 0.4) is 0 Å². The van der Waals surface area contributed by atoms with Crippen molar-refractivity contribution < 1.29 is 0 Å². The van der Waals surface area contributed by atoms with Gasteiger partial charge in [-0.05, 0) is 12.1 Å². The SMILES string of the molecule is [C-]#[N+]CC(C)C=C(C[Si](C)(C)C)C[Si](C)(C)C. The maximum absolute atomic E-state index is 6.95. The molecule has 0 aromatic heterocycles. The zero-order valence-electron chi connectivity index (χ0n) is 12.7. The first-order valence-electron chi connectivity index (χ1n) is 6.56. The van der Waals surface area contributed by atoms with Crippen LogP contribution in [0.2, 0.25) is 51.4 Å². The molecule has 0 aromatic rings. The summed E-state index contributed by atoms with van der Waals surface area (Å²) in [6.45, 7) is 24.4. The van der Waals surface area contributed by atoms with Gasteiger partial charge in [0.15, 0.2) is 0 Å². The number of rotatable bonds is 6. The maximum Gasteiger partial charge on any atom is 0.220 e. The third-order valence-electron chi connectivity index (χ3n) is 2.41. The molecule has 0 saturated heterocycles. The van der Waals surface area contributed by atoms with Crippen LogP contribution < -0.4 is 0 Å². The lowest BCUT2D eigenvalue weighted by molar-refractivity contribution is 0.789. The first kappa shape index (κ1) is 16.7. The summed E-state index contributed by atoms with van der Waals surface area (Å²) in [6.07, 6.45) is 2.40. The predicted molar refractivity (Wildman–Crippen MR) is 85.0 cm³/mol. The Morgan fingerprint density at radius 2 is 1.47 bits per heavy atom. The molecular weight excluding hydrogens is 238 g/mol. The van der Waals surface area contributed by atoms with Crippen molar-refractivity contribution in [1.29, 1.82) is 0 Å². The molecule has 1 atom stereocenters. The maximum atomic E-state index is 6.95. The second-order valence-corrected chi connectivity index (χ2v) is 18.6. The third-order valence-corrected chi connectivity index (χ3v) is 5.44. The van der Waals surface area contributed by atoms with Gasteiger partial charge in [0.25, 0.3) is 0 Å². The van der Waals surface area contributed by atoms with Gasteiger partial charge in [0.05, 0.1) is 0 Å². The van der Waals surface area contributed by atoms with Crippen molar-refractivity contribution in [2.45, 2.75) is 58.3 Å². The van der Waals surface area contributed by atoms with E-state index in [0.717, 1.165) is 0 Å². The molecule has 0 bridgehead atoms. The van der Waals surface area contributed by atoms with E-state index in [0.29, 0.717) is 12.5 Å². The first-order chi connectivity index (χ1) is 7.53. The number of hydrogen-bond acceptors (Lipinski definition) is 0. The average molecular weight is 268 g/mol. The minimum absolute atomic E-state index is 0.426. The summed E-state index contributed by atoms with van der Waals surface area (Å²) in [7, 11) is -2.07. The average Bonchev–Trinajstić information content (AvgIpc) is 1.96. The van der Waals surface area contributed by atoms with Gasteiger partial charge in [-0.25, -0.2) is 6.57 Å². The molecule has 0 heterocycles. The molecule has 0 aromatic carbocycles. The fraction of sp³-hybridized carbons (Fsp3) is 0.786. The highest BCUT2D eigenvalue weighted by Gasteiger charge is 2.21. The predicted octanol–water partition coefficient (Wildman–Crippen LogP) is 5.14. The topological polar surface area (TPSA) is 4.36 Å². The standard InChI is InChI=1S/C14H29NSi2/c1-13(10-15-2)9-14(11-16(3,4)5)12-17(6,7)8/h9,13H,10-12H2,1,3-8H3. The molecule has 0 aliphatic rings. The van der Waals surface area contributed by atoms with Gasteiger partial charge >= 0.3 is 0 Å². The molecule has 17 heavy (non-hydrogen) atoms. The Morgan fingerprint density at radius 3 is 1.76 bits per heavy atom. The van der Waals surface area contributed by atoms with E-state index in [-0.39, 0.29) is 0 Å². The molecule has 0 amide bonds. The third kappa shape index (κ3) is 10.5. The molecule has 1 unspecified atom stereocenters. The lowest BCUT2D eigenvalue weighted by Crippen LogP contribution is -2.25. The zero-order chi connectivity index (χ0) is 13.7. The van der Waals surface area contributed by atoms with E-state index in [2.05, 4.69) is 57.1 Å². The Bertz CT molecular complexity index is 282. The van der Waals surface area contributed by atoms with Crippen LogP contribution in [0.4, 0.5) is 0 Å². The Labute approximate surface area is 110 Å². The second kappa shape index (κ2) is 6.56. The Kier molecular flexibility index (Phi) is 6.43. The van der Waals surface area contributed by atoms with Crippen molar-refractivity contribution in [3.63, 3.8) is 0 Å². The van der Waals surface area contributed by atoms with Crippen LogP contribution in [0, 0.1) is 12.5 Å².